The molecule has 0 bridgehead atoms. The summed E-state index contributed by atoms with van der Waals surface area (Å²) in [5.74, 6) is -0.300. The van der Waals surface area contributed by atoms with Crippen molar-refractivity contribution in [3.8, 4) is 0 Å². The van der Waals surface area contributed by atoms with Crippen LogP contribution in [0.1, 0.15) is 0 Å². The Hall–Kier alpha value is -2.84. The van der Waals surface area contributed by atoms with Crippen LogP contribution in [0.4, 0.5) is 5.95 Å². The maximum absolute atomic E-state index is 12.1. The highest BCUT2D eigenvalue weighted by Gasteiger charge is 2.24. The Labute approximate surface area is 138 Å². The van der Waals surface area contributed by atoms with Crippen LogP contribution in [0.25, 0.3) is 0 Å². The topological polar surface area (TPSA) is 94.1 Å². The molecule has 0 spiro atoms. The van der Waals surface area contributed by atoms with Gasteiger partial charge in [0, 0.05) is 38.6 Å². The van der Waals surface area contributed by atoms with Gasteiger partial charge in [-0.05, 0) is 6.07 Å². The minimum atomic E-state index is -0.695. The highest BCUT2D eigenvalue weighted by atomic mass is 16.6. The Kier molecular flexibility index (Phi) is 5.09. The fourth-order valence-electron chi connectivity index (χ4n) is 2.38. The molecule has 1 saturated heterocycles. The van der Waals surface area contributed by atoms with E-state index >= 15 is 0 Å². The van der Waals surface area contributed by atoms with Gasteiger partial charge in [-0.25, -0.2) is 14.8 Å². The molecule has 128 valence electrons. The van der Waals surface area contributed by atoms with E-state index in [4.69, 9.17) is 14.2 Å². The highest BCUT2D eigenvalue weighted by molar-refractivity contribution is 5.88. The van der Waals surface area contributed by atoms with E-state index in [1.807, 2.05) is 4.90 Å². The van der Waals surface area contributed by atoms with E-state index in [1.165, 1.54) is 6.26 Å². The molecule has 0 atom stereocenters. The van der Waals surface area contributed by atoms with Crippen molar-refractivity contribution in [2.24, 2.45) is 0 Å². The van der Waals surface area contributed by atoms with Crippen LogP contribution in [0.5, 0.6) is 0 Å². The van der Waals surface area contributed by atoms with Crippen molar-refractivity contribution in [3.63, 3.8) is 0 Å². The Morgan fingerprint density at radius 2 is 1.88 bits per heavy atom. The van der Waals surface area contributed by atoms with Crippen molar-refractivity contribution in [1.82, 2.24) is 14.9 Å². The Balaban J connectivity index is 1.44. The second-order valence-electron chi connectivity index (χ2n) is 5.19. The van der Waals surface area contributed by atoms with Crippen LogP contribution in [0, 0.1) is 0 Å². The molecule has 1 aromatic heterocycles. The van der Waals surface area contributed by atoms with Gasteiger partial charge in [0.25, 0.3) is 5.91 Å². The second kappa shape index (κ2) is 7.62. The summed E-state index contributed by atoms with van der Waals surface area (Å²) in [6, 6.07) is 1.76. The average molecular weight is 334 g/mol. The van der Waals surface area contributed by atoms with Crippen LogP contribution in [0.3, 0.4) is 0 Å². The maximum Gasteiger partial charge on any atom is 0.377 e. The van der Waals surface area contributed by atoms with Crippen molar-refractivity contribution in [2.75, 3.05) is 50.9 Å². The van der Waals surface area contributed by atoms with E-state index in [1.54, 1.807) is 23.4 Å². The number of aromatic nitrogens is 2. The van der Waals surface area contributed by atoms with Gasteiger partial charge in [0.05, 0.1) is 0 Å². The van der Waals surface area contributed by atoms with Crippen molar-refractivity contribution in [2.45, 2.75) is 0 Å². The van der Waals surface area contributed by atoms with Crippen LogP contribution < -0.4 is 4.90 Å². The summed E-state index contributed by atoms with van der Waals surface area (Å²) in [5, 5.41) is 0. The molecule has 0 unspecified atom stereocenters. The first kappa shape index (κ1) is 16.0. The van der Waals surface area contributed by atoms with Gasteiger partial charge in [0.1, 0.15) is 19.5 Å². The summed E-state index contributed by atoms with van der Waals surface area (Å²) in [4.78, 5) is 35.9. The molecule has 9 nitrogen and oxygen atoms in total. The molecule has 9 heteroatoms. The van der Waals surface area contributed by atoms with Gasteiger partial charge in [-0.3, -0.25) is 4.79 Å². The monoisotopic (exact) mass is 334 g/mol. The van der Waals surface area contributed by atoms with Gasteiger partial charge < -0.3 is 24.0 Å². The van der Waals surface area contributed by atoms with E-state index < -0.39 is 5.97 Å². The number of hydrogen-bond acceptors (Lipinski definition) is 8. The van der Waals surface area contributed by atoms with Crippen LogP contribution in [-0.2, 0) is 23.8 Å². The number of ether oxygens (including phenoxy) is 3. The fourth-order valence-corrected chi connectivity index (χ4v) is 2.38. The van der Waals surface area contributed by atoms with Crippen molar-refractivity contribution in [1.29, 1.82) is 0 Å². The first-order chi connectivity index (χ1) is 11.7. The standard InChI is InChI=1S/C15H18N4O5/c20-13(11-24-14(21)12-10-22-8-9-23-12)18-4-6-19(7-5-18)15-16-2-1-3-17-15/h1-3,10H,4-9,11H2. The molecule has 0 aliphatic carbocycles. The predicted octanol–water partition coefficient (Wildman–Crippen LogP) is -0.443. The van der Waals surface area contributed by atoms with E-state index in [2.05, 4.69) is 9.97 Å². The van der Waals surface area contributed by atoms with Crippen LogP contribution in [-0.4, -0.2) is 72.7 Å². The van der Waals surface area contributed by atoms with Gasteiger partial charge in [-0.1, -0.05) is 0 Å². The number of carbonyl (C=O) groups excluding carboxylic acids is 2. The van der Waals surface area contributed by atoms with Crippen LogP contribution in [0.2, 0.25) is 0 Å². The molecule has 0 radical (unpaired) electrons. The first-order valence-electron chi connectivity index (χ1n) is 7.65. The summed E-state index contributed by atoms with van der Waals surface area (Å²) >= 11 is 0. The number of amides is 1. The van der Waals surface area contributed by atoms with Gasteiger partial charge in [-0.2, -0.15) is 0 Å². The SMILES string of the molecule is O=C(OCC(=O)N1CCN(c2ncccn2)CC1)C1=COCCO1. The van der Waals surface area contributed by atoms with Crippen LogP contribution in [0.15, 0.2) is 30.5 Å². The van der Waals surface area contributed by atoms with Crippen molar-refractivity contribution in [3.05, 3.63) is 30.5 Å². The number of hydrogen-bond donors (Lipinski definition) is 0. The van der Waals surface area contributed by atoms with Crippen LogP contribution >= 0.6 is 0 Å². The normalized spacial score (nSPS) is 17.4. The van der Waals surface area contributed by atoms with Gasteiger partial charge in [0.2, 0.25) is 11.7 Å². The zero-order valence-electron chi connectivity index (χ0n) is 13.1. The Morgan fingerprint density at radius 3 is 2.54 bits per heavy atom. The third-order valence-corrected chi connectivity index (χ3v) is 3.64. The number of esters is 1. The fraction of sp³-hybridized carbons (Fsp3) is 0.467. The lowest BCUT2D eigenvalue weighted by atomic mass is 10.3. The smallest absolute Gasteiger partial charge is 0.377 e. The Bertz CT molecular complexity index is 614. The number of nitrogens with zero attached hydrogens (tertiary/aromatic N) is 4. The molecule has 24 heavy (non-hydrogen) atoms. The molecular formula is C15H18N4O5. The summed E-state index contributed by atoms with van der Waals surface area (Å²) in [7, 11) is 0. The van der Waals surface area contributed by atoms with E-state index in [9.17, 15) is 9.59 Å². The van der Waals surface area contributed by atoms with E-state index in [-0.39, 0.29) is 18.3 Å². The number of piperazine rings is 1. The highest BCUT2D eigenvalue weighted by Crippen LogP contribution is 2.10. The van der Waals surface area contributed by atoms with Crippen molar-refractivity contribution < 1.29 is 23.8 Å². The van der Waals surface area contributed by atoms with E-state index in [0.717, 1.165) is 0 Å². The molecular weight excluding hydrogens is 316 g/mol. The summed E-state index contributed by atoms with van der Waals surface area (Å²) in [5.41, 5.74) is 0. The molecule has 1 aromatic rings. The third-order valence-electron chi connectivity index (χ3n) is 3.64. The lowest BCUT2D eigenvalue weighted by molar-refractivity contribution is -0.152. The van der Waals surface area contributed by atoms with Crippen molar-refractivity contribution >= 4 is 17.8 Å². The molecule has 0 aromatic carbocycles. The lowest BCUT2D eigenvalue weighted by Crippen LogP contribution is -2.50. The zero-order valence-corrected chi connectivity index (χ0v) is 13.1. The van der Waals surface area contributed by atoms with Gasteiger partial charge in [0.15, 0.2) is 6.61 Å². The lowest BCUT2D eigenvalue weighted by Gasteiger charge is -2.34. The molecule has 2 aliphatic heterocycles. The summed E-state index contributed by atoms with van der Waals surface area (Å²) < 4.78 is 15.0. The summed E-state index contributed by atoms with van der Waals surface area (Å²) in [6.07, 6.45) is 4.57. The molecule has 3 rings (SSSR count). The molecule has 3 heterocycles. The Morgan fingerprint density at radius 1 is 1.12 bits per heavy atom. The molecule has 1 fully saturated rings. The molecule has 0 N–H and O–H groups in total. The minimum absolute atomic E-state index is 0.0138. The van der Waals surface area contributed by atoms with Gasteiger partial charge in [-0.15, -0.1) is 0 Å². The second-order valence-corrected chi connectivity index (χ2v) is 5.19. The molecule has 0 saturated carbocycles. The largest absolute Gasteiger partial charge is 0.493 e. The number of carbonyl (C=O) groups is 2. The van der Waals surface area contributed by atoms with Gasteiger partial charge >= 0.3 is 5.97 Å². The molecule has 2 aliphatic rings. The third kappa shape index (κ3) is 3.92. The maximum atomic E-state index is 12.1. The number of rotatable bonds is 4. The predicted molar refractivity (Wildman–Crippen MR) is 81.8 cm³/mol. The first-order valence-corrected chi connectivity index (χ1v) is 7.65. The summed E-state index contributed by atoms with van der Waals surface area (Å²) in [6.45, 7) is 2.68. The quantitative estimate of drug-likeness (QED) is 0.684. The number of anilines is 1. The minimum Gasteiger partial charge on any atom is -0.493 e. The van der Waals surface area contributed by atoms with E-state index in [0.29, 0.717) is 45.3 Å². The average Bonchev–Trinajstić information content (AvgIpc) is 2.67. The molecule has 1 amide bonds. The zero-order chi connectivity index (χ0) is 16.8.